The largest absolute Gasteiger partial charge is 0.382 e. The topological polar surface area (TPSA) is 94.1 Å². The second-order valence-electron chi connectivity index (χ2n) is 3.27. The first-order chi connectivity index (χ1) is 8.24. The average Bonchev–Trinajstić information content (AvgIpc) is 2.78. The van der Waals surface area contributed by atoms with Crippen molar-refractivity contribution in [3.63, 3.8) is 0 Å². The molecule has 0 aliphatic heterocycles. The number of rotatable bonds is 5. The number of aromatic nitrogens is 2. The molecule has 7 nitrogen and oxygen atoms in total. The predicted molar refractivity (Wildman–Crippen MR) is 65.3 cm³/mol. The zero-order valence-corrected chi connectivity index (χ0v) is 9.86. The first-order valence-electron chi connectivity index (χ1n) is 4.86. The Morgan fingerprint density at radius 1 is 1.47 bits per heavy atom. The van der Waals surface area contributed by atoms with Gasteiger partial charge in [-0.05, 0) is 22.6 Å². The van der Waals surface area contributed by atoms with Crippen LogP contribution in [0.15, 0.2) is 16.8 Å². The highest BCUT2D eigenvalue weighted by atomic mass is 32.2. The number of thioether (sulfide) groups is 1. The van der Waals surface area contributed by atoms with Crippen molar-refractivity contribution < 1.29 is 9.55 Å². The van der Waals surface area contributed by atoms with Crippen LogP contribution in [-0.4, -0.2) is 33.8 Å². The maximum absolute atomic E-state index is 10.8. The van der Waals surface area contributed by atoms with E-state index in [-0.39, 0.29) is 11.2 Å². The van der Waals surface area contributed by atoms with Crippen molar-refractivity contribution >= 4 is 34.2 Å². The molecular weight excluding hydrogens is 244 g/mol. The van der Waals surface area contributed by atoms with Crippen LogP contribution in [0, 0.1) is 10.1 Å². The van der Waals surface area contributed by atoms with Gasteiger partial charge in [-0.2, -0.15) is 11.8 Å². The fraction of sp³-hybridized carbons (Fsp3) is 0.333. The summed E-state index contributed by atoms with van der Waals surface area (Å²) in [5.74, 6) is 0.934. The van der Waals surface area contributed by atoms with Crippen molar-refractivity contribution in [1.29, 1.82) is 0 Å². The Hall–Kier alpha value is -1.83. The van der Waals surface area contributed by atoms with Gasteiger partial charge in [0, 0.05) is 18.4 Å². The minimum atomic E-state index is -0.502. The molecule has 0 saturated carbocycles. The molecule has 1 aromatic carbocycles. The van der Waals surface area contributed by atoms with Crippen LogP contribution in [0.4, 0.5) is 11.4 Å². The summed E-state index contributed by atoms with van der Waals surface area (Å²) in [6, 6.07) is 3.01. The molecule has 0 atom stereocenters. The van der Waals surface area contributed by atoms with E-state index in [1.807, 2.05) is 6.26 Å². The first kappa shape index (κ1) is 11.6. The number of hydrogen-bond acceptors (Lipinski definition) is 7. The highest BCUT2D eigenvalue weighted by Crippen LogP contribution is 2.28. The normalized spacial score (nSPS) is 10.6. The minimum absolute atomic E-state index is 0.100. The van der Waals surface area contributed by atoms with Crippen molar-refractivity contribution in [2.45, 2.75) is 0 Å². The van der Waals surface area contributed by atoms with Crippen molar-refractivity contribution in [1.82, 2.24) is 10.3 Å². The van der Waals surface area contributed by atoms with Gasteiger partial charge in [-0.3, -0.25) is 10.1 Å². The van der Waals surface area contributed by atoms with Gasteiger partial charge < -0.3 is 5.32 Å². The van der Waals surface area contributed by atoms with Gasteiger partial charge in [0.1, 0.15) is 0 Å². The van der Waals surface area contributed by atoms with Crippen LogP contribution in [-0.2, 0) is 0 Å². The number of anilines is 1. The van der Waals surface area contributed by atoms with E-state index < -0.39 is 4.92 Å². The van der Waals surface area contributed by atoms with Crippen LogP contribution in [0.25, 0.3) is 11.0 Å². The molecule has 0 radical (unpaired) electrons. The highest BCUT2D eigenvalue weighted by molar-refractivity contribution is 7.98. The van der Waals surface area contributed by atoms with Crippen LogP contribution in [0.3, 0.4) is 0 Å². The summed E-state index contributed by atoms with van der Waals surface area (Å²) in [7, 11) is 0. The molecule has 0 bridgehead atoms. The van der Waals surface area contributed by atoms with Crippen molar-refractivity contribution in [2.75, 3.05) is 23.9 Å². The summed E-state index contributed by atoms with van der Waals surface area (Å²) in [5.41, 5.74) is 1.15. The van der Waals surface area contributed by atoms with Crippen molar-refractivity contribution in [3.8, 4) is 0 Å². The van der Waals surface area contributed by atoms with E-state index >= 15 is 0 Å². The SMILES string of the molecule is CSCCNc1ccc([N+](=O)[O-])c2nonc12. The predicted octanol–water partition coefficient (Wildman–Crippen LogP) is 1.91. The molecule has 2 rings (SSSR count). The number of nitrogens with one attached hydrogen (secondary N) is 1. The lowest BCUT2D eigenvalue weighted by atomic mass is 10.2. The monoisotopic (exact) mass is 254 g/mol. The Labute approximate surface area is 101 Å². The van der Waals surface area contributed by atoms with Gasteiger partial charge in [0.15, 0.2) is 5.52 Å². The van der Waals surface area contributed by atoms with Crippen molar-refractivity contribution in [2.24, 2.45) is 0 Å². The van der Waals surface area contributed by atoms with E-state index in [0.717, 1.165) is 12.3 Å². The van der Waals surface area contributed by atoms with E-state index in [0.29, 0.717) is 11.2 Å². The van der Waals surface area contributed by atoms with E-state index in [4.69, 9.17) is 0 Å². The maximum atomic E-state index is 10.8. The molecule has 0 unspecified atom stereocenters. The first-order valence-corrected chi connectivity index (χ1v) is 6.26. The summed E-state index contributed by atoms with van der Waals surface area (Å²) in [4.78, 5) is 10.3. The van der Waals surface area contributed by atoms with E-state index in [9.17, 15) is 10.1 Å². The van der Waals surface area contributed by atoms with Crippen LogP contribution in [0.5, 0.6) is 0 Å². The molecule has 0 fully saturated rings. The zero-order chi connectivity index (χ0) is 12.3. The zero-order valence-electron chi connectivity index (χ0n) is 9.04. The summed E-state index contributed by atoms with van der Waals surface area (Å²) in [6.07, 6.45) is 2.00. The molecule has 90 valence electrons. The number of nitro groups is 1. The van der Waals surface area contributed by atoms with Crippen LogP contribution in [0.2, 0.25) is 0 Å². The molecule has 0 aliphatic rings. The highest BCUT2D eigenvalue weighted by Gasteiger charge is 2.19. The average molecular weight is 254 g/mol. The number of fused-ring (bicyclic) bond motifs is 1. The second kappa shape index (κ2) is 5.00. The standard InChI is InChI=1S/C9H10N4O3S/c1-17-5-4-10-6-2-3-7(13(14)15)9-8(6)11-16-12-9/h2-3,10H,4-5H2,1H3. The van der Waals surface area contributed by atoms with E-state index in [1.165, 1.54) is 6.07 Å². The Kier molecular flexibility index (Phi) is 3.43. The number of non-ortho nitro benzene ring substituents is 1. The molecule has 1 N–H and O–H groups in total. The molecule has 1 aromatic heterocycles. The van der Waals surface area contributed by atoms with Gasteiger partial charge in [0.2, 0.25) is 5.52 Å². The second-order valence-corrected chi connectivity index (χ2v) is 4.26. The summed E-state index contributed by atoms with van der Waals surface area (Å²) in [5, 5.41) is 21.1. The fourth-order valence-corrected chi connectivity index (χ4v) is 1.74. The fourth-order valence-electron chi connectivity index (χ4n) is 1.43. The third-order valence-electron chi connectivity index (χ3n) is 2.21. The molecule has 2 aromatic rings. The van der Waals surface area contributed by atoms with Gasteiger partial charge in [-0.25, -0.2) is 4.63 Å². The summed E-state index contributed by atoms with van der Waals surface area (Å²) < 4.78 is 4.55. The minimum Gasteiger partial charge on any atom is -0.382 e. The summed E-state index contributed by atoms with van der Waals surface area (Å²) in [6.45, 7) is 0.751. The van der Waals surface area contributed by atoms with Crippen molar-refractivity contribution in [3.05, 3.63) is 22.2 Å². The lowest BCUT2D eigenvalue weighted by molar-refractivity contribution is -0.383. The third kappa shape index (κ3) is 2.31. The van der Waals surface area contributed by atoms with Crippen LogP contribution in [0.1, 0.15) is 0 Å². The molecule has 0 aliphatic carbocycles. The molecule has 1 heterocycles. The Bertz CT molecular complexity index is 542. The lowest BCUT2D eigenvalue weighted by Crippen LogP contribution is -2.04. The molecule has 17 heavy (non-hydrogen) atoms. The van der Waals surface area contributed by atoms with E-state index in [2.05, 4.69) is 20.3 Å². The Morgan fingerprint density at radius 3 is 2.94 bits per heavy atom. The number of nitro benzene ring substituents is 1. The quantitative estimate of drug-likeness (QED) is 0.494. The number of benzene rings is 1. The summed E-state index contributed by atoms with van der Waals surface area (Å²) >= 11 is 1.71. The molecular formula is C9H10N4O3S. The molecule has 0 amide bonds. The molecule has 8 heteroatoms. The smallest absolute Gasteiger partial charge is 0.300 e. The van der Waals surface area contributed by atoms with Gasteiger partial charge in [-0.1, -0.05) is 0 Å². The Morgan fingerprint density at radius 2 is 2.24 bits per heavy atom. The molecule has 0 saturated heterocycles. The van der Waals surface area contributed by atoms with Gasteiger partial charge in [0.05, 0.1) is 10.6 Å². The van der Waals surface area contributed by atoms with Gasteiger partial charge >= 0.3 is 5.69 Å². The Balaban J connectivity index is 2.36. The van der Waals surface area contributed by atoms with Crippen LogP contribution < -0.4 is 5.32 Å². The lowest BCUT2D eigenvalue weighted by Gasteiger charge is -2.04. The maximum Gasteiger partial charge on any atom is 0.300 e. The van der Waals surface area contributed by atoms with Gasteiger partial charge in [0.25, 0.3) is 0 Å². The molecule has 0 spiro atoms. The van der Waals surface area contributed by atoms with Gasteiger partial charge in [-0.15, -0.1) is 0 Å². The van der Waals surface area contributed by atoms with E-state index in [1.54, 1.807) is 17.8 Å². The van der Waals surface area contributed by atoms with Crippen LogP contribution >= 0.6 is 11.8 Å². The third-order valence-corrected chi connectivity index (χ3v) is 2.82. The number of hydrogen-bond donors (Lipinski definition) is 1. The number of nitrogens with zero attached hydrogens (tertiary/aromatic N) is 3.